The lowest BCUT2D eigenvalue weighted by molar-refractivity contribution is -0.140. The third-order valence-corrected chi connectivity index (χ3v) is 5.23. The fraction of sp³-hybridized carbons (Fsp3) is 0.318. The summed E-state index contributed by atoms with van der Waals surface area (Å²) in [7, 11) is 0. The highest BCUT2D eigenvalue weighted by molar-refractivity contribution is 5.91. The number of halogens is 4. The second-order valence-electron chi connectivity index (χ2n) is 7.17. The van der Waals surface area contributed by atoms with E-state index in [-0.39, 0.29) is 17.4 Å². The van der Waals surface area contributed by atoms with Gasteiger partial charge in [0.25, 0.3) is 0 Å². The Balaban J connectivity index is 1.66. The van der Waals surface area contributed by atoms with Crippen LogP contribution in [0.2, 0.25) is 0 Å². The number of nitrogens with zero attached hydrogens (tertiary/aromatic N) is 2. The van der Waals surface area contributed by atoms with Crippen LogP contribution in [0.15, 0.2) is 54.6 Å². The molecule has 0 spiro atoms. The summed E-state index contributed by atoms with van der Waals surface area (Å²) in [5, 5.41) is 3.81. The van der Waals surface area contributed by atoms with Gasteiger partial charge < -0.3 is 10.1 Å². The first-order chi connectivity index (χ1) is 14.4. The van der Waals surface area contributed by atoms with Gasteiger partial charge in [0.1, 0.15) is 11.5 Å². The monoisotopic (exact) mass is 419 g/mol. The van der Waals surface area contributed by atoms with Gasteiger partial charge in [-0.25, -0.2) is 9.37 Å². The molecule has 2 aromatic carbocycles. The average molecular weight is 419 g/mol. The van der Waals surface area contributed by atoms with E-state index in [9.17, 15) is 17.6 Å². The highest BCUT2D eigenvalue weighted by atomic mass is 19.4. The fourth-order valence-corrected chi connectivity index (χ4v) is 3.71. The number of para-hydroxylation sites is 1. The molecule has 1 atom stereocenters. The third kappa shape index (κ3) is 4.55. The van der Waals surface area contributed by atoms with E-state index in [1.807, 2.05) is 0 Å². The van der Waals surface area contributed by atoms with Crippen molar-refractivity contribution in [1.29, 1.82) is 0 Å². The molecule has 0 saturated carbocycles. The molecule has 1 aliphatic rings. The Bertz CT molecular complexity index is 1000. The predicted octanol–water partition coefficient (Wildman–Crippen LogP) is 4.88. The zero-order valence-corrected chi connectivity index (χ0v) is 16.1. The van der Waals surface area contributed by atoms with Gasteiger partial charge in [0.15, 0.2) is 0 Å². The standard InChI is InChI=1S/C22H21F4N3O/c23-16-7-5-15(6-8-16)20(29-9-11-30-12-10-29)14-27-19-13-21(22(24,25)26)28-18-4-2-1-3-17(18)19/h1-8,13,20H,9-12,14H2,(H,27,28). The number of aromatic nitrogens is 1. The van der Waals surface area contributed by atoms with E-state index in [4.69, 9.17) is 4.74 Å². The summed E-state index contributed by atoms with van der Waals surface area (Å²) < 4.78 is 58.9. The average Bonchev–Trinajstić information content (AvgIpc) is 2.75. The molecule has 0 bridgehead atoms. The number of morpholine rings is 1. The van der Waals surface area contributed by atoms with Crippen LogP contribution in [0.25, 0.3) is 10.9 Å². The molecule has 1 fully saturated rings. The number of ether oxygens (including phenoxy) is 1. The molecular formula is C22H21F4N3O. The maximum Gasteiger partial charge on any atom is 0.433 e. The molecule has 1 saturated heterocycles. The summed E-state index contributed by atoms with van der Waals surface area (Å²) in [6, 6.07) is 13.8. The molecule has 0 aliphatic carbocycles. The van der Waals surface area contributed by atoms with Crippen LogP contribution in [0.3, 0.4) is 0 Å². The number of nitrogens with one attached hydrogen (secondary N) is 1. The summed E-state index contributed by atoms with van der Waals surface area (Å²) in [4.78, 5) is 5.95. The first kappa shape index (κ1) is 20.6. The second kappa shape index (κ2) is 8.57. The zero-order chi connectivity index (χ0) is 21.1. The van der Waals surface area contributed by atoms with E-state index in [1.165, 1.54) is 12.1 Å². The summed E-state index contributed by atoms with van der Waals surface area (Å²) in [5.41, 5.74) is 0.599. The maximum absolute atomic E-state index is 13.4. The van der Waals surface area contributed by atoms with Crippen molar-refractivity contribution >= 4 is 16.6 Å². The van der Waals surface area contributed by atoms with E-state index in [0.29, 0.717) is 43.9 Å². The Morgan fingerprint density at radius 2 is 1.73 bits per heavy atom. The number of fused-ring (bicyclic) bond motifs is 1. The third-order valence-electron chi connectivity index (χ3n) is 5.23. The van der Waals surface area contributed by atoms with Crippen LogP contribution in [-0.4, -0.2) is 42.7 Å². The van der Waals surface area contributed by atoms with Crippen molar-refractivity contribution in [3.8, 4) is 0 Å². The summed E-state index contributed by atoms with van der Waals surface area (Å²) in [6.07, 6.45) is -4.54. The summed E-state index contributed by atoms with van der Waals surface area (Å²) in [6.45, 7) is 2.89. The minimum Gasteiger partial charge on any atom is -0.383 e. The van der Waals surface area contributed by atoms with Gasteiger partial charge in [0.05, 0.1) is 24.8 Å². The molecule has 1 N–H and O–H groups in total. The normalized spacial score (nSPS) is 16.5. The predicted molar refractivity (Wildman–Crippen MR) is 107 cm³/mol. The fourth-order valence-electron chi connectivity index (χ4n) is 3.71. The van der Waals surface area contributed by atoms with E-state index in [1.54, 1.807) is 36.4 Å². The van der Waals surface area contributed by atoms with Crippen molar-refractivity contribution in [3.05, 3.63) is 71.7 Å². The number of rotatable bonds is 5. The minimum atomic E-state index is -4.54. The van der Waals surface area contributed by atoms with Crippen molar-refractivity contribution in [1.82, 2.24) is 9.88 Å². The largest absolute Gasteiger partial charge is 0.433 e. The Morgan fingerprint density at radius 3 is 2.43 bits per heavy atom. The van der Waals surface area contributed by atoms with Crippen molar-refractivity contribution in [3.63, 3.8) is 0 Å². The lowest BCUT2D eigenvalue weighted by Crippen LogP contribution is -2.41. The topological polar surface area (TPSA) is 37.4 Å². The van der Waals surface area contributed by atoms with Crippen molar-refractivity contribution in [2.24, 2.45) is 0 Å². The van der Waals surface area contributed by atoms with Crippen LogP contribution in [0.4, 0.5) is 23.2 Å². The van der Waals surface area contributed by atoms with Gasteiger partial charge in [-0.15, -0.1) is 0 Å². The van der Waals surface area contributed by atoms with Crippen LogP contribution >= 0.6 is 0 Å². The molecule has 2 heterocycles. The molecule has 3 aromatic rings. The van der Waals surface area contributed by atoms with Gasteiger partial charge in [-0.05, 0) is 29.8 Å². The SMILES string of the molecule is Fc1ccc(C(CNc2cc(C(F)(F)F)nc3ccccc23)N2CCOCC2)cc1. The highest BCUT2D eigenvalue weighted by Gasteiger charge is 2.33. The van der Waals surface area contributed by atoms with E-state index >= 15 is 0 Å². The van der Waals surface area contributed by atoms with Crippen molar-refractivity contribution in [2.75, 3.05) is 38.2 Å². The maximum atomic E-state index is 13.4. The van der Waals surface area contributed by atoms with Crippen molar-refractivity contribution in [2.45, 2.75) is 12.2 Å². The molecular weight excluding hydrogens is 398 g/mol. The molecule has 8 heteroatoms. The Labute approximate surface area is 171 Å². The first-order valence-corrected chi connectivity index (χ1v) is 9.70. The number of anilines is 1. The Hall–Kier alpha value is -2.71. The first-order valence-electron chi connectivity index (χ1n) is 9.70. The van der Waals surface area contributed by atoms with Crippen LogP contribution in [0, 0.1) is 5.82 Å². The van der Waals surface area contributed by atoms with Crippen LogP contribution in [0.5, 0.6) is 0 Å². The quantitative estimate of drug-likeness (QED) is 0.599. The van der Waals surface area contributed by atoms with Gasteiger partial charge in [0.2, 0.25) is 0 Å². The van der Waals surface area contributed by atoms with Crippen LogP contribution in [-0.2, 0) is 10.9 Å². The smallest absolute Gasteiger partial charge is 0.383 e. The van der Waals surface area contributed by atoms with Gasteiger partial charge in [0, 0.05) is 30.7 Å². The number of alkyl halides is 3. The number of hydrogen-bond acceptors (Lipinski definition) is 4. The Kier molecular flexibility index (Phi) is 5.87. The lowest BCUT2D eigenvalue weighted by atomic mass is 10.0. The van der Waals surface area contributed by atoms with Gasteiger partial charge in [-0.3, -0.25) is 4.90 Å². The Morgan fingerprint density at radius 1 is 1.03 bits per heavy atom. The molecule has 4 rings (SSSR count). The molecule has 30 heavy (non-hydrogen) atoms. The number of hydrogen-bond donors (Lipinski definition) is 1. The van der Waals surface area contributed by atoms with E-state index in [0.717, 1.165) is 11.6 Å². The molecule has 0 amide bonds. The number of pyridine rings is 1. The lowest BCUT2D eigenvalue weighted by Gasteiger charge is -2.35. The molecule has 1 aliphatic heterocycles. The molecule has 0 radical (unpaired) electrons. The van der Waals surface area contributed by atoms with Gasteiger partial charge in [-0.2, -0.15) is 13.2 Å². The zero-order valence-electron chi connectivity index (χ0n) is 16.1. The van der Waals surface area contributed by atoms with E-state index < -0.39 is 11.9 Å². The van der Waals surface area contributed by atoms with Gasteiger partial charge >= 0.3 is 6.18 Å². The highest BCUT2D eigenvalue weighted by Crippen LogP contribution is 2.33. The summed E-state index contributed by atoms with van der Waals surface area (Å²) >= 11 is 0. The van der Waals surface area contributed by atoms with E-state index in [2.05, 4.69) is 15.2 Å². The van der Waals surface area contributed by atoms with Crippen molar-refractivity contribution < 1.29 is 22.3 Å². The molecule has 158 valence electrons. The van der Waals surface area contributed by atoms with Gasteiger partial charge in [-0.1, -0.05) is 30.3 Å². The molecule has 1 unspecified atom stereocenters. The molecule has 4 nitrogen and oxygen atoms in total. The second-order valence-corrected chi connectivity index (χ2v) is 7.17. The van der Waals surface area contributed by atoms with Crippen LogP contribution in [0.1, 0.15) is 17.3 Å². The number of benzene rings is 2. The summed E-state index contributed by atoms with van der Waals surface area (Å²) in [5.74, 6) is -0.331. The molecule has 1 aromatic heterocycles. The van der Waals surface area contributed by atoms with Crippen LogP contribution < -0.4 is 5.32 Å². The minimum absolute atomic E-state index is 0.143.